The first-order chi connectivity index (χ1) is 17.5. The number of aliphatic hydroxyl groups is 1. The van der Waals surface area contributed by atoms with Crippen LogP contribution in [0.15, 0.2) is 84.8 Å². The fourth-order valence-corrected chi connectivity index (χ4v) is 3.38. The molecule has 7 nitrogen and oxygen atoms in total. The zero-order valence-corrected chi connectivity index (χ0v) is 21.0. The average molecular weight is 513 g/mol. The van der Waals surface area contributed by atoms with Gasteiger partial charge in [0, 0.05) is 17.4 Å². The number of ether oxygens (including phenoxy) is 4. The number of esters is 1. The Hall–Kier alpha value is -3.33. The molecule has 0 radical (unpaired) electrons. The van der Waals surface area contributed by atoms with E-state index in [0.29, 0.717) is 45.0 Å². The van der Waals surface area contributed by atoms with Gasteiger partial charge in [-0.25, -0.2) is 4.79 Å². The van der Waals surface area contributed by atoms with Gasteiger partial charge in [0.25, 0.3) is 0 Å². The molecule has 0 fully saturated rings. The molecule has 8 heteroatoms. The van der Waals surface area contributed by atoms with Gasteiger partial charge in [-0.05, 0) is 78.7 Å². The largest absolute Gasteiger partial charge is 0.494 e. The van der Waals surface area contributed by atoms with Gasteiger partial charge in [-0.1, -0.05) is 31.4 Å². The summed E-state index contributed by atoms with van der Waals surface area (Å²) in [5.74, 6) is 1.02. The lowest BCUT2D eigenvalue weighted by atomic mass is 10.2. The predicted octanol–water partition coefficient (Wildman–Crippen LogP) is 5.20. The maximum Gasteiger partial charge on any atom is 0.330 e. The predicted molar refractivity (Wildman–Crippen MR) is 141 cm³/mol. The molecule has 1 N–H and O–H groups in total. The van der Waals surface area contributed by atoms with Crippen molar-refractivity contribution in [1.29, 1.82) is 0 Å². The third-order valence-corrected chi connectivity index (χ3v) is 5.45. The lowest BCUT2D eigenvalue weighted by Crippen LogP contribution is -2.11. The van der Waals surface area contributed by atoms with Crippen molar-refractivity contribution >= 4 is 28.9 Å². The highest BCUT2D eigenvalue weighted by Crippen LogP contribution is 2.23. The summed E-state index contributed by atoms with van der Waals surface area (Å²) in [5, 5.41) is 9.14. The number of carbonyl (C=O) groups excluding carboxylic acids is 2. The van der Waals surface area contributed by atoms with Gasteiger partial charge in [0.1, 0.15) is 11.5 Å². The van der Waals surface area contributed by atoms with Crippen molar-refractivity contribution in [3.05, 3.63) is 85.5 Å². The van der Waals surface area contributed by atoms with Crippen LogP contribution in [0.3, 0.4) is 0 Å². The third kappa shape index (κ3) is 12.4. The van der Waals surface area contributed by atoms with Crippen LogP contribution in [0, 0.1) is 0 Å². The SMILES string of the molecule is C=CC(=O)OCCCCOc1ccc(/C=C/C(=O)Sc2ccc(OCCCOC(O)C=C)cc2)cc1. The molecule has 0 bridgehead atoms. The van der Waals surface area contributed by atoms with Gasteiger partial charge in [0.2, 0.25) is 5.12 Å². The van der Waals surface area contributed by atoms with Gasteiger partial charge in [0.05, 0.1) is 26.4 Å². The first-order valence-corrected chi connectivity index (χ1v) is 12.4. The van der Waals surface area contributed by atoms with Crippen LogP contribution in [0.1, 0.15) is 24.8 Å². The molecule has 192 valence electrons. The Kier molecular flexibility index (Phi) is 13.8. The molecule has 0 aliphatic heterocycles. The normalized spacial score (nSPS) is 11.6. The number of thioether (sulfide) groups is 1. The highest BCUT2D eigenvalue weighted by molar-refractivity contribution is 8.14. The summed E-state index contributed by atoms with van der Waals surface area (Å²) in [6, 6.07) is 14.7. The van der Waals surface area contributed by atoms with E-state index in [2.05, 4.69) is 13.2 Å². The Balaban J connectivity index is 1.66. The second kappa shape index (κ2) is 17.2. The third-order valence-electron chi connectivity index (χ3n) is 4.60. The maximum absolute atomic E-state index is 12.3. The Bertz CT molecular complexity index is 984. The summed E-state index contributed by atoms with van der Waals surface area (Å²) < 4.78 is 21.3. The fourth-order valence-electron chi connectivity index (χ4n) is 2.74. The monoisotopic (exact) mass is 512 g/mol. The minimum atomic E-state index is -0.953. The lowest BCUT2D eigenvalue weighted by molar-refractivity contribution is -0.137. The Morgan fingerprint density at radius 1 is 0.861 bits per heavy atom. The first-order valence-electron chi connectivity index (χ1n) is 11.6. The fraction of sp³-hybridized carbons (Fsp3) is 0.286. The van der Waals surface area contributed by atoms with E-state index in [9.17, 15) is 14.7 Å². The van der Waals surface area contributed by atoms with E-state index in [1.807, 2.05) is 48.5 Å². The summed E-state index contributed by atoms with van der Waals surface area (Å²) in [7, 11) is 0. The van der Waals surface area contributed by atoms with Crippen molar-refractivity contribution in [2.24, 2.45) is 0 Å². The molecule has 2 aromatic rings. The number of hydrogen-bond acceptors (Lipinski definition) is 8. The standard InChI is InChI=1S/C28H32O7S/c1-3-26(29)34-19-6-5-18-32-23-11-8-22(9-12-23)10-17-28(31)36-25-15-13-24(14-16-25)33-20-7-21-35-27(30)4-2/h3-4,8-17,27,30H,1-2,5-7,18-21H2/b17-10+. The molecule has 1 unspecified atom stereocenters. The molecule has 0 saturated carbocycles. The van der Waals surface area contributed by atoms with Crippen LogP contribution >= 0.6 is 11.8 Å². The summed E-state index contributed by atoms with van der Waals surface area (Å²) >= 11 is 1.13. The van der Waals surface area contributed by atoms with Crippen molar-refractivity contribution in [1.82, 2.24) is 0 Å². The van der Waals surface area contributed by atoms with Gasteiger partial charge in [-0.3, -0.25) is 4.79 Å². The molecule has 36 heavy (non-hydrogen) atoms. The second-order valence-electron chi connectivity index (χ2n) is 7.42. The van der Waals surface area contributed by atoms with Crippen molar-refractivity contribution in [3.63, 3.8) is 0 Å². The molecule has 0 spiro atoms. The Morgan fingerprint density at radius 3 is 2.11 bits per heavy atom. The maximum atomic E-state index is 12.3. The molecule has 0 aliphatic rings. The zero-order valence-electron chi connectivity index (χ0n) is 20.2. The zero-order chi connectivity index (χ0) is 26.0. The van der Waals surface area contributed by atoms with Crippen LogP contribution in [0.25, 0.3) is 6.08 Å². The van der Waals surface area contributed by atoms with Crippen molar-refractivity contribution < 1.29 is 33.6 Å². The van der Waals surface area contributed by atoms with Crippen molar-refractivity contribution in [3.8, 4) is 11.5 Å². The number of hydrogen-bond donors (Lipinski definition) is 1. The van der Waals surface area contributed by atoms with E-state index in [1.54, 1.807) is 6.08 Å². The number of rotatable bonds is 17. The first kappa shape index (κ1) is 28.9. The van der Waals surface area contributed by atoms with Crippen LogP contribution in [0.2, 0.25) is 0 Å². The molecule has 0 saturated heterocycles. The summed E-state index contributed by atoms with van der Waals surface area (Å²) in [6.07, 6.45) is 6.92. The van der Waals surface area contributed by atoms with Gasteiger partial charge < -0.3 is 24.1 Å². The quantitative estimate of drug-likeness (QED) is 0.0773. The van der Waals surface area contributed by atoms with Crippen LogP contribution in [0.5, 0.6) is 11.5 Å². The van der Waals surface area contributed by atoms with Gasteiger partial charge in [-0.2, -0.15) is 0 Å². The van der Waals surface area contributed by atoms with Crippen molar-refractivity contribution in [2.45, 2.75) is 30.4 Å². The van der Waals surface area contributed by atoms with Gasteiger partial charge >= 0.3 is 5.97 Å². The molecular weight excluding hydrogens is 480 g/mol. The van der Waals surface area contributed by atoms with Crippen molar-refractivity contribution in [2.75, 3.05) is 26.4 Å². The minimum Gasteiger partial charge on any atom is -0.494 e. The molecular formula is C28H32O7S. The van der Waals surface area contributed by atoms with Crippen LogP contribution in [-0.4, -0.2) is 48.9 Å². The molecule has 2 rings (SSSR count). The van der Waals surface area contributed by atoms with E-state index in [0.717, 1.165) is 40.5 Å². The van der Waals surface area contributed by atoms with Crippen LogP contribution in [0.4, 0.5) is 0 Å². The molecule has 0 aliphatic carbocycles. The average Bonchev–Trinajstić information content (AvgIpc) is 2.90. The van der Waals surface area contributed by atoms with E-state index in [4.69, 9.17) is 18.9 Å². The summed E-state index contributed by atoms with van der Waals surface area (Å²) in [5.41, 5.74) is 0.890. The van der Waals surface area contributed by atoms with Gasteiger partial charge in [-0.15, -0.1) is 0 Å². The smallest absolute Gasteiger partial charge is 0.330 e. The van der Waals surface area contributed by atoms with E-state index >= 15 is 0 Å². The molecule has 0 heterocycles. The Morgan fingerprint density at radius 2 is 1.47 bits per heavy atom. The Labute approximate surface area is 216 Å². The number of aliphatic hydroxyl groups excluding tert-OH is 1. The van der Waals surface area contributed by atoms with Crippen LogP contribution < -0.4 is 9.47 Å². The topological polar surface area (TPSA) is 91.3 Å². The minimum absolute atomic E-state index is 0.0842. The molecule has 0 aromatic heterocycles. The molecule has 1 atom stereocenters. The highest BCUT2D eigenvalue weighted by atomic mass is 32.2. The lowest BCUT2D eigenvalue weighted by Gasteiger charge is -2.09. The number of unbranched alkanes of at least 4 members (excludes halogenated alkanes) is 1. The summed E-state index contributed by atoms with van der Waals surface area (Å²) in [4.78, 5) is 24.1. The van der Waals surface area contributed by atoms with E-state index in [1.165, 1.54) is 12.2 Å². The number of benzene rings is 2. The number of carbonyl (C=O) groups is 2. The summed E-state index contributed by atoms with van der Waals surface area (Å²) in [6.45, 7) is 8.47. The van der Waals surface area contributed by atoms with E-state index < -0.39 is 12.3 Å². The van der Waals surface area contributed by atoms with Crippen LogP contribution in [-0.2, 0) is 19.1 Å². The van der Waals surface area contributed by atoms with Gasteiger partial charge in [0.15, 0.2) is 6.29 Å². The second-order valence-corrected chi connectivity index (χ2v) is 8.50. The highest BCUT2D eigenvalue weighted by Gasteiger charge is 2.03. The molecule has 2 aromatic carbocycles. The van der Waals surface area contributed by atoms with E-state index in [-0.39, 0.29) is 5.12 Å². The molecule has 0 amide bonds.